The largest absolute Gasteiger partial charge is 0.396 e. The van der Waals surface area contributed by atoms with Crippen molar-refractivity contribution in [3.63, 3.8) is 0 Å². The van der Waals surface area contributed by atoms with Gasteiger partial charge in [0, 0.05) is 39.6 Å². The van der Waals surface area contributed by atoms with Crippen LogP contribution in [-0.4, -0.2) is 117 Å². The molecule has 0 aliphatic heterocycles. The SMILES string of the molecule is CC(O)CO.OCCCCO.OCCCCO.OCCCO.OCCO. The quantitative estimate of drug-likeness (QED) is 0.172. The van der Waals surface area contributed by atoms with Gasteiger partial charge < -0.3 is 51.1 Å². The van der Waals surface area contributed by atoms with Crippen molar-refractivity contribution in [1.82, 2.24) is 0 Å². The van der Waals surface area contributed by atoms with Crippen molar-refractivity contribution in [3.8, 4) is 0 Å². The maximum Gasteiger partial charge on any atom is 0.0742 e. The zero-order chi connectivity index (χ0) is 21.5. The molecule has 0 aliphatic carbocycles. The fraction of sp³-hybridized carbons (Fsp3) is 1.00. The Morgan fingerprint density at radius 3 is 0.654 bits per heavy atom. The van der Waals surface area contributed by atoms with Gasteiger partial charge in [0.1, 0.15) is 0 Å². The van der Waals surface area contributed by atoms with Crippen molar-refractivity contribution in [2.75, 3.05) is 59.5 Å². The van der Waals surface area contributed by atoms with E-state index in [1.54, 1.807) is 0 Å². The molecule has 0 aliphatic rings. The molecular formula is C16H42O10. The highest BCUT2D eigenvalue weighted by Crippen LogP contribution is 1.81. The summed E-state index contributed by atoms with van der Waals surface area (Å²) in [4.78, 5) is 0. The third-order valence-electron chi connectivity index (χ3n) is 1.81. The third kappa shape index (κ3) is 107. The van der Waals surface area contributed by atoms with Gasteiger partial charge in [0.25, 0.3) is 0 Å². The highest BCUT2D eigenvalue weighted by molar-refractivity contribution is 4.34. The van der Waals surface area contributed by atoms with Gasteiger partial charge >= 0.3 is 0 Å². The molecule has 0 amide bonds. The van der Waals surface area contributed by atoms with E-state index < -0.39 is 6.10 Å². The van der Waals surface area contributed by atoms with E-state index in [2.05, 4.69) is 0 Å². The molecule has 10 nitrogen and oxygen atoms in total. The lowest BCUT2D eigenvalue weighted by molar-refractivity contribution is 0.110. The summed E-state index contributed by atoms with van der Waals surface area (Å²) in [5, 5.41) is 79.4. The highest BCUT2D eigenvalue weighted by atomic mass is 16.3. The number of unbranched alkanes of at least 4 members (excludes halogenated alkanes) is 2. The number of aliphatic hydroxyl groups is 10. The molecule has 0 spiro atoms. The average Bonchev–Trinajstić information content (AvgIpc) is 2.67. The summed E-state index contributed by atoms with van der Waals surface area (Å²) in [7, 11) is 0. The molecule has 1 unspecified atom stereocenters. The van der Waals surface area contributed by atoms with Crippen LogP contribution in [0, 0.1) is 0 Å². The van der Waals surface area contributed by atoms with Crippen LogP contribution < -0.4 is 0 Å². The Bertz CT molecular complexity index is 142. The van der Waals surface area contributed by atoms with Gasteiger partial charge in [-0.1, -0.05) is 0 Å². The molecule has 10 N–H and O–H groups in total. The zero-order valence-electron chi connectivity index (χ0n) is 15.9. The summed E-state index contributed by atoms with van der Waals surface area (Å²) < 4.78 is 0. The molecule has 10 heteroatoms. The molecule has 0 aromatic carbocycles. The second-order valence-electron chi connectivity index (χ2n) is 4.59. The Morgan fingerprint density at radius 1 is 0.423 bits per heavy atom. The maximum atomic E-state index is 8.11. The van der Waals surface area contributed by atoms with E-state index in [4.69, 9.17) is 51.1 Å². The summed E-state index contributed by atoms with van der Waals surface area (Å²) >= 11 is 0. The van der Waals surface area contributed by atoms with E-state index in [0.717, 1.165) is 25.7 Å². The maximum absolute atomic E-state index is 8.11. The Labute approximate surface area is 156 Å². The van der Waals surface area contributed by atoms with E-state index in [1.165, 1.54) is 6.92 Å². The average molecular weight is 395 g/mol. The molecule has 0 saturated carbocycles. The Balaban J connectivity index is -0.0000000712. The molecule has 0 bridgehead atoms. The van der Waals surface area contributed by atoms with Crippen molar-refractivity contribution in [1.29, 1.82) is 0 Å². The first-order valence-corrected chi connectivity index (χ1v) is 8.59. The Kier molecular flexibility index (Phi) is 69.8. The summed E-state index contributed by atoms with van der Waals surface area (Å²) in [6, 6.07) is 0. The summed E-state index contributed by atoms with van der Waals surface area (Å²) in [5.41, 5.74) is 0. The van der Waals surface area contributed by atoms with Gasteiger partial charge in [-0.3, -0.25) is 0 Å². The van der Waals surface area contributed by atoms with Crippen LogP contribution in [0.5, 0.6) is 0 Å². The van der Waals surface area contributed by atoms with Crippen molar-refractivity contribution in [2.24, 2.45) is 0 Å². The van der Waals surface area contributed by atoms with Gasteiger partial charge in [0.05, 0.1) is 25.9 Å². The van der Waals surface area contributed by atoms with Crippen LogP contribution in [0.3, 0.4) is 0 Å². The second kappa shape index (κ2) is 49.7. The van der Waals surface area contributed by atoms with Crippen LogP contribution >= 0.6 is 0 Å². The lowest BCUT2D eigenvalue weighted by Gasteiger charge is -1.90. The van der Waals surface area contributed by atoms with Gasteiger partial charge in [-0.25, -0.2) is 0 Å². The first-order valence-electron chi connectivity index (χ1n) is 8.59. The molecule has 0 aromatic rings. The Morgan fingerprint density at radius 2 is 0.615 bits per heavy atom. The van der Waals surface area contributed by atoms with Crippen LogP contribution in [0.1, 0.15) is 39.0 Å². The highest BCUT2D eigenvalue weighted by Gasteiger charge is 1.83. The van der Waals surface area contributed by atoms with Crippen LogP contribution in [0.2, 0.25) is 0 Å². The van der Waals surface area contributed by atoms with Crippen molar-refractivity contribution in [3.05, 3.63) is 0 Å². The molecule has 1 atom stereocenters. The summed E-state index contributed by atoms with van der Waals surface area (Å²) in [6.07, 6.45) is 2.81. The number of rotatable bonds is 10. The number of aliphatic hydroxyl groups excluding tert-OH is 10. The van der Waals surface area contributed by atoms with Crippen molar-refractivity contribution < 1.29 is 51.1 Å². The molecule has 0 saturated heterocycles. The van der Waals surface area contributed by atoms with Gasteiger partial charge in [0.15, 0.2) is 0 Å². The standard InChI is InChI=1S/2C4H10O2.2C3H8O2.C2H6O2/c2*5-3-1-2-4-6;1-3(5)2-4;4-2-1-3-5;3-1-2-4/h2*5-6H,1-4H2;3-5H,2H2,1H3;4-5H,1-3H2;3-4H,1-2H2. The minimum absolute atomic E-state index is 0.0938. The number of hydrogen-bond donors (Lipinski definition) is 10. The predicted molar refractivity (Wildman–Crippen MR) is 98.5 cm³/mol. The minimum Gasteiger partial charge on any atom is -0.396 e. The lowest BCUT2D eigenvalue weighted by Crippen LogP contribution is -2.03. The van der Waals surface area contributed by atoms with Crippen LogP contribution in [-0.2, 0) is 0 Å². The smallest absolute Gasteiger partial charge is 0.0742 e. The second-order valence-corrected chi connectivity index (χ2v) is 4.59. The molecule has 166 valence electrons. The van der Waals surface area contributed by atoms with E-state index in [9.17, 15) is 0 Å². The number of hydrogen-bond acceptors (Lipinski definition) is 10. The van der Waals surface area contributed by atoms with Crippen molar-refractivity contribution >= 4 is 0 Å². The molecule has 26 heavy (non-hydrogen) atoms. The van der Waals surface area contributed by atoms with E-state index in [-0.39, 0.29) is 59.5 Å². The third-order valence-corrected chi connectivity index (χ3v) is 1.81. The molecule has 0 radical (unpaired) electrons. The molecule has 0 fully saturated rings. The van der Waals surface area contributed by atoms with Gasteiger partial charge in [-0.2, -0.15) is 0 Å². The molecule has 0 rings (SSSR count). The first kappa shape index (κ1) is 36.5. The summed E-state index contributed by atoms with van der Waals surface area (Å²) in [6.45, 7) is 2.11. The summed E-state index contributed by atoms with van der Waals surface area (Å²) in [5.74, 6) is 0. The fourth-order valence-corrected chi connectivity index (χ4v) is 0.518. The van der Waals surface area contributed by atoms with Crippen LogP contribution in [0.25, 0.3) is 0 Å². The predicted octanol–water partition coefficient (Wildman–Crippen LogP) is -2.81. The van der Waals surface area contributed by atoms with Gasteiger partial charge in [0.2, 0.25) is 0 Å². The minimum atomic E-state index is -0.560. The van der Waals surface area contributed by atoms with Gasteiger partial charge in [-0.05, 0) is 39.0 Å². The first-order chi connectivity index (χ1) is 12.4. The van der Waals surface area contributed by atoms with E-state index >= 15 is 0 Å². The van der Waals surface area contributed by atoms with Crippen LogP contribution in [0.4, 0.5) is 0 Å². The topological polar surface area (TPSA) is 202 Å². The molecule has 0 aromatic heterocycles. The zero-order valence-corrected chi connectivity index (χ0v) is 15.9. The fourth-order valence-electron chi connectivity index (χ4n) is 0.518. The Hall–Kier alpha value is -0.400. The normalized spacial score (nSPS) is 9.81. The molecule has 0 heterocycles. The van der Waals surface area contributed by atoms with Crippen LogP contribution in [0.15, 0.2) is 0 Å². The van der Waals surface area contributed by atoms with E-state index in [0.29, 0.717) is 6.42 Å². The monoisotopic (exact) mass is 394 g/mol. The van der Waals surface area contributed by atoms with Gasteiger partial charge in [-0.15, -0.1) is 0 Å². The van der Waals surface area contributed by atoms with Crippen molar-refractivity contribution in [2.45, 2.75) is 45.1 Å². The lowest BCUT2D eigenvalue weighted by atomic mass is 10.3. The molecular weight excluding hydrogens is 352 g/mol. The van der Waals surface area contributed by atoms with E-state index in [1.807, 2.05) is 0 Å².